The summed E-state index contributed by atoms with van der Waals surface area (Å²) in [5.74, 6) is 0.341. The number of nitrogens with zero attached hydrogens (tertiary/aromatic N) is 2. The van der Waals surface area contributed by atoms with E-state index in [0.717, 1.165) is 16.7 Å². The molecule has 0 spiro atoms. The van der Waals surface area contributed by atoms with Crippen molar-refractivity contribution in [2.75, 3.05) is 0 Å². The summed E-state index contributed by atoms with van der Waals surface area (Å²) in [6, 6.07) is 11.7. The number of allylic oxidation sites excluding steroid dienone is 1. The molecule has 0 aliphatic heterocycles. The van der Waals surface area contributed by atoms with Crippen molar-refractivity contribution in [2.45, 2.75) is 52.4 Å². The lowest BCUT2D eigenvalue weighted by molar-refractivity contribution is 0.423. The lowest BCUT2D eigenvalue weighted by atomic mass is 9.78. The van der Waals surface area contributed by atoms with E-state index in [0.29, 0.717) is 17.0 Å². The largest absolute Gasteiger partial charge is 0.507 e. The van der Waals surface area contributed by atoms with Crippen molar-refractivity contribution in [3.8, 4) is 11.8 Å². The zero-order valence-electron chi connectivity index (χ0n) is 15.9. The predicted octanol–water partition coefficient (Wildman–Crippen LogP) is 5.45. The van der Waals surface area contributed by atoms with Crippen LogP contribution in [-0.4, -0.2) is 10.1 Å². The number of rotatable bonds is 2. The fraction of sp³-hybridized carbons (Fsp3) is 0.364. The monoisotopic (exact) mass is 334 g/mol. The Bertz CT molecular complexity index is 794. The van der Waals surface area contributed by atoms with Gasteiger partial charge in [0.05, 0.1) is 11.3 Å². The first-order chi connectivity index (χ1) is 11.5. The molecule has 130 valence electrons. The summed E-state index contributed by atoms with van der Waals surface area (Å²) in [7, 11) is 0. The van der Waals surface area contributed by atoms with E-state index in [-0.39, 0.29) is 10.8 Å². The minimum atomic E-state index is -0.203. The fourth-order valence-corrected chi connectivity index (χ4v) is 2.74. The molecule has 0 radical (unpaired) electrons. The molecule has 1 aromatic carbocycles. The number of aromatic hydroxyl groups is 1. The maximum atomic E-state index is 10.8. The molecule has 3 nitrogen and oxygen atoms in total. The number of nitriles is 1. The Morgan fingerprint density at radius 1 is 1.04 bits per heavy atom. The van der Waals surface area contributed by atoms with Gasteiger partial charge in [0.1, 0.15) is 11.8 Å². The first-order valence-electron chi connectivity index (χ1n) is 8.45. The van der Waals surface area contributed by atoms with Crippen LogP contribution in [-0.2, 0) is 10.8 Å². The van der Waals surface area contributed by atoms with Gasteiger partial charge in [-0.1, -0.05) is 47.6 Å². The number of hydrogen-bond acceptors (Lipinski definition) is 3. The molecule has 0 bridgehead atoms. The highest BCUT2D eigenvalue weighted by Gasteiger charge is 2.26. The van der Waals surface area contributed by atoms with Gasteiger partial charge in [-0.3, -0.25) is 4.98 Å². The van der Waals surface area contributed by atoms with Crippen molar-refractivity contribution >= 4 is 11.6 Å². The predicted molar refractivity (Wildman–Crippen MR) is 103 cm³/mol. The molecule has 0 atom stereocenters. The van der Waals surface area contributed by atoms with E-state index in [9.17, 15) is 10.4 Å². The number of phenolic OH excluding ortho intramolecular Hbond substituents is 1. The standard InChI is InChI=1S/C22H26N2O/c1-21(2,3)17-12-15(13-18(20(17)25)22(4,5)6)11-16(14-23)19-9-7-8-10-24-19/h7-13,25H,1-6H3/b16-11+. The van der Waals surface area contributed by atoms with Crippen LogP contribution in [0, 0.1) is 11.3 Å². The molecule has 2 rings (SSSR count). The summed E-state index contributed by atoms with van der Waals surface area (Å²) in [6.45, 7) is 12.5. The van der Waals surface area contributed by atoms with Gasteiger partial charge in [-0.05, 0) is 46.7 Å². The van der Waals surface area contributed by atoms with Gasteiger partial charge in [0.15, 0.2) is 0 Å². The Balaban J connectivity index is 2.70. The highest BCUT2D eigenvalue weighted by atomic mass is 16.3. The summed E-state index contributed by atoms with van der Waals surface area (Å²) in [5.41, 5.74) is 3.40. The first kappa shape index (κ1) is 18.7. The molecular formula is C22H26N2O. The molecule has 0 fully saturated rings. The molecule has 0 unspecified atom stereocenters. The Hall–Kier alpha value is -2.60. The molecule has 0 aliphatic rings. The van der Waals surface area contributed by atoms with E-state index in [1.54, 1.807) is 6.20 Å². The van der Waals surface area contributed by atoms with Crippen molar-refractivity contribution in [1.82, 2.24) is 4.98 Å². The summed E-state index contributed by atoms with van der Waals surface area (Å²) in [4.78, 5) is 4.27. The Labute approximate surface area is 150 Å². The van der Waals surface area contributed by atoms with Gasteiger partial charge in [-0.15, -0.1) is 0 Å². The first-order valence-corrected chi connectivity index (χ1v) is 8.45. The second-order valence-electron chi connectivity index (χ2n) is 8.35. The van der Waals surface area contributed by atoms with Gasteiger partial charge in [0, 0.05) is 17.3 Å². The molecule has 0 amide bonds. The smallest absolute Gasteiger partial charge is 0.123 e. The maximum Gasteiger partial charge on any atom is 0.123 e. The number of hydrogen-bond donors (Lipinski definition) is 1. The summed E-state index contributed by atoms with van der Waals surface area (Å²) < 4.78 is 0. The Morgan fingerprint density at radius 2 is 1.60 bits per heavy atom. The van der Waals surface area contributed by atoms with E-state index >= 15 is 0 Å². The number of aromatic nitrogens is 1. The second kappa shape index (κ2) is 6.72. The third-order valence-electron chi connectivity index (χ3n) is 4.12. The van der Waals surface area contributed by atoms with E-state index in [1.165, 1.54) is 0 Å². The number of pyridine rings is 1. The van der Waals surface area contributed by atoms with Crippen LogP contribution < -0.4 is 0 Å². The van der Waals surface area contributed by atoms with Gasteiger partial charge in [0.2, 0.25) is 0 Å². The van der Waals surface area contributed by atoms with Crippen LogP contribution in [0.4, 0.5) is 0 Å². The molecule has 1 aromatic heterocycles. The lowest BCUT2D eigenvalue weighted by Gasteiger charge is -2.28. The van der Waals surface area contributed by atoms with Crippen LogP contribution in [0.5, 0.6) is 5.75 Å². The SMILES string of the molecule is CC(C)(C)c1cc(/C=C(\C#N)c2ccccn2)cc(C(C)(C)C)c1O. The van der Waals surface area contributed by atoms with Crippen molar-refractivity contribution in [3.05, 3.63) is 58.9 Å². The Morgan fingerprint density at radius 3 is 2.00 bits per heavy atom. The molecule has 0 aliphatic carbocycles. The molecule has 0 saturated heterocycles. The molecule has 0 saturated carbocycles. The fourth-order valence-electron chi connectivity index (χ4n) is 2.74. The number of benzene rings is 1. The van der Waals surface area contributed by atoms with E-state index in [1.807, 2.05) is 36.4 Å². The quantitative estimate of drug-likeness (QED) is 0.743. The normalized spacial score (nSPS) is 12.8. The number of phenols is 1. The average Bonchev–Trinajstić information content (AvgIpc) is 2.52. The molecular weight excluding hydrogens is 308 g/mol. The van der Waals surface area contributed by atoms with Crippen LogP contribution in [0.2, 0.25) is 0 Å². The minimum Gasteiger partial charge on any atom is -0.507 e. The summed E-state index contributed by atoms with van der Waals surface area (Å²) >= 11 is 0. The lowest BCUT2D eigenvalue weighted by Crippen LogP contribution is -2.17. The van der Waals surface area contributed by atoms with Crippen molar-refractivity contribution in [1.29, 1.82) is 5.26 Å². The average molecular weight is 334 g/mol. The Kier molecular flexibility index (Phi) is 5.04. The van der Waals surface area contributed by atoms with Crippen LogP contribution in [0.1, 0.15) is 63.9 Å². The highest BCUT2D eigenvalue weighted by Crippen LogP contribution is 2.40. The molecule has 1 heterocycles. The van der Waals surface area contributed by atoms with E-state index in [4.69, 9.17) is 0 Å². The maximum absolute atomic E-state index is 10.8. The minimum absolute atomic E-state index is 0.203. The summed E-state index contributed by atoms with van der Waals surface area (Å²) in [6.07, 6.45) is 3.52. The van der Waals surface area contributed by atoms with Crippen LogP contribution >= 0.6 is 0 Å². The third kappa shape index (κ3) is 4.28. The van der Waals surface area contributed by atoms with Gasteiger partial charge >= 0.3 is 0 Å². The third-order valence-corrected chi connectivity index (χ3v) is 4.12. The second-order valence-corrected chi connectivity index (χ2v) is 8.35. The van der Waals surface area contributed by atoms with Crippen molar-refractivity contribution < 1.29 is 5.11 Å². The zero-order valence-corrected chi connectivity index (χ0v) is 15.9. The van der Waals surface area contributed by atoms with Crippen LogP contribution in [0.15, 0.2) is 36.5 Å². The van der Waals surface area contributed by atoms with Gasteiger partial charge in [-0.25, -0.2) is 0 Å². The summed E-state index contributed by atoms with van der Waals surface area (Å²) in [5, 5.41) is 20.3. The molecule has 25 heavy (non-hydrogen) atoms. The van der Waals surface area contributed by atoms with E-state index < -0.39 is 0 Å². The van der Waals surface area contributed by atoms with Gasteiger partial charge in [0.25, 0.3) is 0 Å². The van der Waals surface area contributed by atoms with Crippen molar-refractivity contribution in [3.63, 3.8) is 0 Å². The molecule has 1 N–H and O–H groups in total. The van der Waals surface area contributed by atoms with Crippen LogP contribution in [0.25, 0.3) is 11.6 Å². The zero-order chi connectivity index (χ0) is 18.8. The van der Waals surface area contributed by atoms with E-state index in [2.05, 4.69) is 52.6 Å². The van der Waals surface area contributed by atoms with Gasteiger partial charge < -0.3 is 5.11 Å². The van der Waals surface area contributed by atoms with Crippen molar-refractivity contribution in [2.24, 2.45) is 0 Å². The topological polar surface area (TPSA) is 56.9 Å². The molecule has 2 aromatic rings. The van der Waals surface area contributed by atoms with Crippen LogP contribution in [0.3, 0.4) is 0 Å². The van der Waals surface area contributed by atoms with Gasteiger partial charge in [-0.2, -0.15) is 5.26 Å². The highest BCUT2D eigenvalue weighted by molar-refractivity contribution is 5.88. The molecule has 3 heteroatoms.